The molecule has 0 heterocycles. The van der Waals surface area contributed by atoms with Gasteiger partial charge in [-0.1, -0.05) is 11.6 Å². The Hall–Kier alpha value is -1.69. The van der Waals surface area contributed by atoms with Crippen LogP contribution in [0, 0.1) is 15.9 Å². The summed E-state index contributed by atoms with van der Waals surface area (Å²) < 4.78 is 17.2. The van der Waals surface area contributed by atoms with Gasteiger partial charge in [-0.05, 0) is 0 Å². The van der Waals surface area contributed by atoms with E-state index >= 15 is 0 Å². The van der Waals surface area contributed by atoms with Crippen LogP contribution < -0.4 is 4.74 Å². The van der Waals surface area contributed by atoms with E-state index in [1.54, 1.807) is 0 Å². The van der Waals surface area contributed by atoms with Gasteiger partial charge < -0.3 is 4.74 Å². The predicted octanol–water partition coefficient (Wildman–Crippen LogP) is 1.92. The van der Waals surface area contributed by atoms with Gasteiger partial charge in [-0.25, -0.2) is 0 Å². The minimum atomic E-state index is -1.08. The Morgan fingerprint density at radius 2 is 2.21 bits per heavy atom. The molecule has 0 amide bonds. The summed E-state index contributed by atoms with van der Waals surface area (Å²) in [5.74, 6) is -1.34. The normalized spacial score (nSPS) is 9.57. The van der Waals surface area contributed by atoms with Crippen molar-refractivity contribution < 1.29 is 18.8 Å². The van der Waals surface area contributed by atoms with Crippen LogP contribution in [0.1, 0.15) is 0 Å². The minimum Gasteiger partial charge on any atom is -0.427 e. The van der Waals surface area contributed by atoms with Crippen LogP contribution in [0.25, 0.3) is 0 Å². The van der Waals surface area contributed by atoms with E-state index in [1.807, 2.05) is 0 Å². The lowest BCUT2D eigenvalue weighted by atomic mass is 10.3. The second-order valence-electron chi connectivity index (χ2n) is 2.21. The molecule has 74 valence electrons. The molecule has 1 rings (SSSR count). The Morgan fingerprint density at radius 1 is 1.57 bits per heavy atom. The van der Waals surface area contributed by atoms with Crippen LogP contribution in [0.2, 0.25) is 5.02 Å². The van der Waals surface area contributed by atoms with E-state index in [4.69, 9.17) is 11.6 Å². The van der Waals surface area contributed by atoms with Crippen molar-refractivity contribution in [2.45, 2.75) is 0 Å². The number of rotatable bonds is 3. The summed E-state index contributed by atoms with van der Waals surface area (Å²) in [5.41, 5.74) is -0.800. The second kappa shape index (κ2) is 4.01. The average molecular weight is 220 g/mol. The molecule has 0 aliphatic heterocycles. The van der Waals surface area contributed by atoms with Crippen LogP contribution in [-0.4, -0.2) is 11.4 Å². The quantitative estimate of drug-likeness (QED) is 0.442. The molecule has 0 radical (unpaired) electrons. The first-order chi connectivity index (χ1) is 6.56. The molecule has 1 aromatic carbocycles. The van der Waals surface area contributed by atoms with Gasteiger partial charge >= 0.3 is 5.69 Å². The maximum Gasteiger partial charge on any atom is 0.308 e. The number of carbonyl (C=O) groups is 1. The Labute approximate surface area is 82.2 Å². The van der Waals surface area contributed by atoms with E-state index in [1.165, 1.54) is 0 Å². The molecular weight excluding hydrogens is 217 g/mol. The molecule has 0 atom stereocenters. The van der Waals surface area contributed by atoms with Crippen LogP contribution in [0.15, 0.2) is 12.1 Å². The van der Waals surface area contributed by atoms with Crippen molar-refractivity contribution in [1.82, 2.24) is 0 Å². The molecule has 5 nitrogen and oxygen atoms in total. The molecule has 1 aromatic rings. The summed E-state index contributed by atoms with van der Waals surface area (Å²) in [6.45, 7) is 0.0445. The lowest BCUT2D eigenvalue weighted by Crippen LogP contribution is -1.96. The number of nitro groups is 1. The van der Waals surface area contributed by atoms with Crippen LogP contribution in [0.3, 0.4) is 0 Å². The highest BCUT2D eigenvalue weighted by Crippen LogP contribution is 2.31. The van der Waals surface area contributed by atoms with Gasteiger partial charge in [0, 0.05) is 6.07 Å². The summed E-state index contributed by atoms with van der Waals surface area (Å²) in [6, 6.07) is 1.45. The standard InChI is InChI=1S/C7H3ClFNO4/c8-4-1-5(9)6(10(12)13)2-7(4)14-3-11/h1-3H. The topological polar surface area (TPSA) is 69.4 Å². The van der Waals surface area contributed by atoms with Gasteiger partial charge in [-0.2, -0.15) is 4.39 Å². The van der Waals surface area contributed by atoms with E-state index < -0.39 is 16.4 Å². The van der Waals surface area contributed by atoms with Gasteiger partial charge in [0.1, 0.15) is 0 Å². The summed E-state index contributed by atoms with van der Waals surface area (Å²) in [4.78, 5) is 19.3. The molecule has 0 unspecified atom stereocenters. The summed E-state index contributed by atoms with van der Waals surface area (Å²) >= 11 is 5.44. The zero-order chi connectivity index (χ0) is 10.7. The first-order valence-electron chi connectivity index (χ1n) is 3.30. The Kier molecular flexibility index (Phi) is 2.98. The van der Waals surface area contributed by atoms with Crippen molar-refractivity contribution >= 4 is 23.8 Å². The predicted molar refractivity (Wildman–Crippen MR) is 44.8 cm³/mol. The lowest BCUT2D eigenvalue weighted by Gasteiger charge is -2.01. The van der Waals surface area contributed by atoms with E-state index in [0.29, 0.717) is 6.07 Å². The van der Waals surface area contributed by atoms with Gasteiger partial charge in [-0.15, -0.1) is 0 Å². The van der Waals surface area contributed by atoms with Crippen LogP contribution >= 0.6 is 11.6 Å². The third-order valence-electron chi connectivity index (χ3n) is 1.37. The first kappa shape index (κ1) is 10.4. The molecule has 0 spiro atoms. The van der Waals surface area contributed by atoms with E-state index in [2.05, 4.69) is 4.74 Å². The monoisotopic (exact) mass is 219 g/mol. The molecule has 0 N–H and O–H groups in total. The average Bonchev–Trinajstić information content (AvgIpc) is 2.09. The molecule has 14 heavy (non-hydrogen) atoms. The zero-order valence-electron chi connectivity index (χ0n) is 6.57. The summed E-state index contributed by atoms with van der Waals surface area (Å²) in [6.07, 6.45) is 0. The number of nitrogens with zero attached hydrogens (tertiary/aromatic N) is 1. The molecule has 0 saturated carbocycles. The number of nitro benzene ring substituents is 1. The molecule has 0 fully saturated rings. The van der Waals surface area contributed by atoms with E-state index in [9.17, 15) is 19.3 Å². The SMILES string of the molecule is O=COc1cc([N+](=O)[O-])c(F)cc1Cl. The first-order valence-corrected chi connectivity index (χ1v) is 3.67. The molecule has 0 aromatic heterocycles. The van der Waals surface area contributed by atoms with Crippen LogP contribution in [-0.2, 0) is 4.79 Å². The summed E-state index contributed by atoms with van der Waals surface area (Å²) in [5, 5.41) is 10.1. The van der Waals surface area contributed by atoms with Crippen LogP contribution in [0.5, 0.6) is 5.75 Å². The van der Waals surface area contributed by atoms with Gasteiger partial charge in [0.15, 0.2) is 5.75 Å². The van der Waals surface area contributed by atoms with E-state index in [-0.39, 0.29) is 17.2 Å². The third-order valence-corrected chi connectivity index (χ3v) is 1.67. The molecule has 0 aliphatic carbocycles. The lowest BCUT2D eigenvalue weighted by molar-refractivity contribution is -0.387. The largest absolute Gasteiger partial charge is 0.427 e. The van der Waals surface area contributed by atoms with Gasteiger partial charge in [0.2, 0.25) is 5.82 Å². The van der Waals surface area contributed by atoms with Gasteiger partial charge in [0.25, 0.3) is 6.47 Å². The van der Waals surface area contributed by atoms with Gasteiger partial charge in [-0.3, -0.25) is 14.9 Å². The number of benzene rings is 1. The maximum absolute atomic E-state index is 12.9. The van der Waals surface area contributed by atoms with Gasteiger partial charge in [0.05, 0.1) is 16.0 Å². The Balaban J connectivity index is 3.26. The van der Waals surface area contributed by atoms with Crippen molar-refractivity contribution in [1.29, 1.82) is 0 Å². The Bertz CT molecular complexity index is 396. The fourth-order valence-corrected chi connectivity index (χ4v) is 0.995. The minimum absolute atomic E-state index is 0.0445. The van der Waals surface area contributed by atoms with Crippen molar-refractivity contribution in [2.24, 2.45) is 0 Å². The smallest absolute Gasteiger partial charge is 0.308 e. The maximum atomic E-state index is 12.9. The molecule has 7 heteroatoms. The molecule has 0 saturated heterocycles. The van der Waals surface area contributed by atoms with Crippen molar-refractivity contribution in [3.63, 3.8) is 0 Å². The molecule has 0 bridgehead atoms. The highest BCUT2D eigenvalue weighted by molar-refractivity contribution is 6.32. The number of hydrogen-bond donors (Lipinski definition) is 0. The van der Waals surface area contributed by atoms with Crippen LogP contribution in [0.4, 0.5) is 10.1 Å². The summed E-state index contributed by atoms with van der Waals surface area (Å²) in [7, 11) is 0. The van der Waals surface area contributed by atoms with E-state index in [0.717, 1.165) is 6.07 Å². The fourth-order valence-electron chi connectivity index (χ4n) is 0.800. The van der Waals surface area contributed by atoms with Crippen molar-refractivity contribution in [2.75, 3.05) is 0 Å². The highest BCUT2D eigenvalue weighted by Gasteiger charge is 2.18. The van der Waals surface area contributed by atoms with Crippen molar-refractivity contribution in [3.8, 4) is 5.75 Å². The number of carbonyl (C=O) groups excluding carboxylic acids is 1. The highest BCUT2D eigenvalue weighted by atomic mass is 35.5. The number of ether oxygens (including phenoxy) is 1. The fraction of sp³-hybridized carbons (Fsp3) is 0. The molecular formula is C7H3ClFNO4. The number of hydrogen-bond acceptors (Lipinski definition) is 4. The zero-order valence-corrected chi connectivity index (χ0v) is 7.32. The molecule has 0 aliphatic rings. The second-order valence-corrected chi connectivity index (χ2v) is 2.61. The Morgan fingerprint density at radius 3 is 2.71 bits per heavy atom. The third kappa shape index (κ3) is 1.97. The number of halogens is 2. The van der Waals surface area contributed by atoms with Crippen molar-refractivity contribution in [3.05, 3.63) is 33.1 Å².